The maximum absolute atomic E-state index is 13.4. The summed E-state index contributed by atoms with van der Waals surface area (Å²) in [6.45, 7) is -0.270. The van der Waals surface area contributed by atoms with Crippen molar-refractivity contribution in [3.05, 3.63) is 90.6 Å². The highest BCUT2D eigenvalue weighted by Crippen LogP contribution is 2.45. The molecule has 19 heteroatoms. The molecule has 0 saturated carbocycles. The fraction of sp³-hybridized carbons (Fsp3) is 0.194. The monoisotopic (exact) mass is 724 g/mol. The highest BCUT2D eigenvalue weighted by molar-refractivity contribution is 8.00. The van der Waals surface area contributed by atoms with E-state index in [-0.39, 0.29) is 16.9 Å². The Labute approximate surface area is 279 Å². The summed E-state index contributed by atoms with van der Waals surface area (Å²) in [6, 6.07) is 13.8. The second-order valence-corrected chi connectivity index (χ2v) is 11.8. The molecule has 0 atom stereocenters. The van der Waals surface area contributed by atoms with Crippen molar-refractivity contribution < 1.29 is 44.6 Å². The van der Waals surface area contributed by atoms with E-state index in [0.717, 1.165) is 30.4 Å². The van der Waals surface area contributed by atoms with Crippen LogP contribution in [-0.2, 0) is 12.7 Å². The number of aromatic nitrogens is 6. The summed E-state index contributed by atoms with van der Waals surface area (Å²) in [5, 5.41) is 18.2. The average molecular weight is 725 g/mol. The Morgan fingerprint density at radius 1 is 0.800 bits per heavy atom. The number of anilines is 3. The molecule has 0 spiro atoms. The summed E-state index contributed by atoms with van der Waals surface area (Å²) >= 11 is 1.01. The summed E-state index contributed by atoms with van der Waals surface area (Å²) < 4.78 is 122. The van der Waals surface area contributed by atoms with E-state index in [1.54, 1.807) is 49.5 Å². The predicted molar refractivity (Wildman–Crippen MR) is 166 cm³/mol. The van der Waals surface area contributed by atoms with E-state index < -0.39 is 36.4 Å². The van der Waals surface area contributed by atoms with Crippen LogP contribution in [0.25, 0.3) is 32.9 Å². The van der Waals surface area contributed by atoms with Crippen LogP contribution in [0.3, 0.4) is 0 Å². The van der Waals surface area contributed by atoms with Crippen LogP contribution in [0.5, 0.6) is 0 Å². The molecule has 3 N–H and O–H groups in total. The van der Waals surface area contributed by atoms with E-state index >= 15 is 0 Å². The summed E-state index contributed by atoms with van der Waals surface area (Å²) in [5.41, 5.74) is -4.08. The summed E-state index contributed by atoms with van der Waals surface area (Å²) in [7, 11) is 0. The van der Waals surface area contributed by atoms with Gasteiger partial charge < -0.3 is 10.4 Å². The largest absolute Gasteiger partial charge is 0.433 e. The van der Waals surface area contributed by atoms with Crippen LogP contribution >= 0.6 is 11.9 Å². The number of hydrogen-bond donors (Lipinski definition) is 3. The number of pyridine rings is 2. The standard InChI is InChI=1S/C31H21F9N8OS/c1-16-20(6-7-23-22(16)14-44-48(23)15-28(49,30(35,36)37)31(38,39)40)26-21-12-25(43-13-17(21)8-10-41-26)45-18-2-4-19(5-3-18)50-47-27-42-11-9-24(46-27)29(32,33)34/h2-14,49H,15H2,1H3,(H,43,45)(H,42,46,47). The minimum Gasteiger partial charge on any atom is -0.372 e. The molecule has 260 valence electrons. The Kier molecular flexibility index (Phi) is 8.75. The zero-order valence-corrected chi connectivity index (χ0v) is 26.0. The zero-order valence-electron chi connectivity index (χ0n) is 25.2. The normalized spacial score (nSPS) is 12.9. The Balaban J connectivity index is 1.23. The first-order chi connectivity index (χ1) is 23.4. The molecule has 0 bridgehead atoms. The van der Waals surface area contributed by atoms with Crippen molar-refractivity contribution in [2.75, 3.05) is 10.0 Å². The molecule has 0 amide bonds. The number of benzene rings is 2. The van der Waals surface area contributed by atoms with Crippen LogP contribution in [0.15, 0.2) is 84.3 Å². The van der Waals surface area contributed by atoms with Gasteiger partial charge >= 0.3 is 18.5 Å². The molecule has 0 aliphatic carbocycles. The van der Waals surface area contributed by atoms with Crippen LogP contribution in [0, 0.1) is 6.92 Å². The van der Waals surface area contributed by atoms with Gasteiger partial charge in [-0.2, -0.15) is 44.6 Å². The molecule has 6 aromatic rings. The van der Waals surface area contributed by atoms with Gasteiger partial charge in [0.15, 0.2) is 0 Å². The minimum atomic E-state index is -6.01. The number of aryl methyl sites for hydroxylation is 1. The average Bonchev–Trinajstić information content (AvgIpc) is 3.46. The number of nitrogens with zero attached hydrogens (tertiary/aromatic N) is 6. The second kappa shape index (κ2) is 12.6. The Bertz CT molecular complexity index is 2170. The van der Waals surface area contributed by atoms with Crippen LogP contribution in [0.1, 0.15) is 11.3 Å². The molecule has 2 aromatic carbocycles. The fourth-order valence-electron chi connectivity index (χ4n) is 5.00. The van der Waals surface area contributed by atoms with Crippen molar-refractivity contribution >= 4 is 51.1 Å². The number of rotatable bonds is 8. The number of alkyl halides is 9. The maximum Gasteiger partial charge on any atom is 0.433 e. The lowest BCUT2D eigenvalue weighted by molar-refractivity contribution is -0.372. The first-order valence-electron chi connectivity index (χ1n) is 14.2. The summed E-state index contributed by atoms with van der Waals surface area (Å²) in [5.74, 6) is 0.197. The van der Waals surface area contributed by atoms with E-state index in [1.807, 2.05) is 0 Å². The smallest absolute Gasteiger partial charge is 0.372 e. The number of aliphatic hydroxyl groups is 1. The van der Waals surface area contributed by atoms with Crippen LogP contribution in [0.2, 0.25) is 0 Å². The van der Waals surface area contributed by atoms with Crippen LogP contribution < -0.4 is 10.0 Å². The third-order valence-corrected chi connectivity index (χ3v) is 8.44. The Morgan fingerprint density at radius 2 is 1.50 bits per heavy atom. The van der Waals surface area contributed by atoms with Gasteiger partial charge in [-0.05, 0) is 73.0 Å². The minimum absolute atomic E-state index is 0.0541. The van der Waals surface area contributed by atoms with E-state index in [9.17, 15) is 44.6 Å². The number of hydrogen-bond acceptors (Lipinski definition) is 9. The summed E-state index contributed by atoms with van der Waals surface area (Å²) in [6.07, 6.45) is -11.4. The third-order valence-electron chi connectivity index (χ3n) is 7.65. The van der Waals surface area contributed by atoms with Crippen molar-refractivity contribution in [2.45, 2.75) is 42.5 Å². The highest BCUT2D eigenvalue weighted by Gasteiger charge is 2.70. The van der Waals surface area contributed by atoms with E-state index in [2.05, 4.69) is 35.1 Å². The van der Waals surface area contributed by atoms with Gasteiger partial charge in [0, 0.05) is 50.9 Å². The van der Waals surface area contributed by atoms with Crippen molar-refractivity contribution in [3.8, 4) is 11.3 Å². The molecule has 4 heterocycles. The van der Waals surface area contributed by atoms with Gasteiger partial charge in [-0.1, -0.05) is 6.07 Å². The number of halogens is 9. The first kappa shape index (κ1) is 34.7. The number of nitrogens with one attached hydrogen (secondary N) is 2. The van der Waals surface area contributed by atoms with Gasteiger partial charge in [0.25, 0.3) is 5.60 Å². The molecule has 50 heavy (non-hydrogen) atoms. The second-order valence-electron chi connectivity index (χ2n) is 10.9. The molecule has 4 aromatic heterocycles. The molecule has 0 radical (unpaired) electrons. The number of fused-ring (bicyclic) bond motifs is 2. The van der Waals surface area contributed by atoms with Crippen LogP contribution in [0.4, 0.5) is 57.0 Å². The highest BCUT2D eigenvalue weighted by atomic mass is 32.2. The lowest BCUT2D eigenvalue weighted by Gasteiger charge is -2.32. The molecule has 0 saturated heterocycles. The quantitative estimate of drug-likeness (QED) is 0.105. The van der Waals surface area contributed by atoms with Gasteiger partial charge in [0.05, 0.1) is 24.0 Å². The Morgan fingerprint density at radius 3 is 2.18 bits per heavy atom. The van der Waals surface area contributed by atoms with Crippen molar-refractivity contribution in [1.29, 1.82) is 0 Å². The topological polar surface area (TPSA) is 114 Å². The molecule has 0 unspecified atom stereocenters. The first-order valence-corrected chi connectivity index (χ1v) is 15.0. The molecule has 9 nitrogen and oxygen atoms in total. The van der Waals surface area contributed by atoms with E-state index in [4.69, 9.17) is 0 Å². The van der Waals surface area contributed by atoms with E-state index in [1.165, 1.54) is 18.3 Å². The van der Waals surface area contributed by atoms with Crippen LogP contribution in [-0.4, -0.2) is 52.8 Å². The SMILES string of the molecule is Cc1c(-c2nccc3cnc(Nc4ccc(SNc5nccc(C(F)(F)F)n5)cc4)cc23)ccc2c1cnn2CC(O)(C(F)(F)F)C(F)(F)F. The Hall–Kier alpha value is -5.17. The van der Waals surface area contributed by atoms with E-state index in [0.29, 0.717) is 48.7 Å². The van der Waals surface area contributed by atoms with Gasteiger partial charge in [-0.15, -0.1) is 0 Å². The molecule has 0 aliphatic rings. The fourth-order valence-corrected chi connectivity index (χ4v) is 5.58. The van der Waals surface area contributed by atoms with Crippen molar-refractivity contribution in [3.63, 3.8) is 0 Å². The lowest BCUT2D eigenvalue weighted by Crippen LogP contribution is -2.59. The lowest BCUT2D eigenvalue weighted by atomic mass is 9.98. The molecular weight excluding hydrogens is 703 g/mol. The molecule has 0 fully saturated rings. The van der Waals surface area contributed by atoms with Crippen molar-refractivity contribution in [1.82, 2.24) is 29.7 Å². The van der Waals surface area contributed by atoms with Gasteiger partial charge in [-0.25, -0.2) is 15.0 Å². The third kappa shape index (κ3) is 6.69. The van der Waals surface area contributed by atoms with Crippen molar-refractivity contribution in [2.24, 2.45) is 0 Å². The summed E-state index contributed by atoms with van der Waals surface area (Å²) in [4.78, 5) is 16.8. The van der Waals surface area contributed by atoms with Gasteiger partial charge in [-0.3, -0.25) is 14.4 Å². The zero-order chi connectivity index (χ0) is 36.1. The predicted octanol–water partition coefficient (Wildman–Crippen LogP) is 8.48. The molecule has 6 rings (SSSR count). The molecular formula is C31H21F9N8OS. The van der Waals surface area contributed by atoms with Gasteiger partial charge in [0.1, 0.15) is 11.5 Å². The van der Waals surface area contributed by atoms with Gasteiger partial charge in [0.2, 0.25) is 5.95 Å². The maximum atomic E-state index is 13.4. The molecule has 0 aliphatic heterocycles.